The van der Waals surface area contributed by atoms with Crippen LogP contribution in [0.25, 0.3) is 0 Å². The Morgan fingerprint density at radius 2 is 1.24 bits per heavy atom. The van der Waals surface area contributed by atoms with Gasteiger partial charge in [-0.1, -0.05) is 20.8 Å². The SMILES string of the molecule is CC(C)(C)COC(=O)CCC(C(=O)O)N(C(=O)OC(C)(C)C)C(=O)OC(C)(C)C. The summed E-state index contributed by atoms with van der Waals surface area (Å²) in [6.45, 7) is 15.3. The number of hydrogen-bond donors (Lipinski definition) is 1. The Labute approximate surface area is 172 Å². The van der Waals surface area contributed by atoms with Gasteiger partial charge in [0.05, 0.1) is 6.61 Å². The van der Waals surface area contributed by atoms with E-state index in [9.17, 15) is 24.3 Å². The van der Waals surface area contributed by atoms with Crippen LogP contribution in [-0.2, 0) is 23.8 Å². The number of ether oxygens (including phenoxy) is 3. The summed E-state index contributed by atoms with van der Waals surface area (Å²) < 4.78 is 15.5. The smallest absolute Gasteiger partial charge is 0.420 e. The van der Waals surface area contributed by atoms with Crippen LogP contribution in [-0.4, -0.2) is 58.0 Å². The zero-order valence-electron chi connectivity index (χ0n) is 19.0. The molecule has 0 bridgehead atoms. The maximum Gasteiger partial charge on any atom is 0.420 e. The molecule has 0 aromatic rings. The van der Waals surface area contributed by atoms with Crippen molar-refractivity contribution in [1.82, 2.24) is 4.90 Å². The molecule has 1 unspecified atom stereocenters. The van der Waals surface area contributed by atoms with Crippen LogP contribution < -0.4 is 0 Å². The van der Waals surface area contributed by atoms with Gasteiger partial charge in [0.1, 0.15) is 17.2 Å². The number of hydrogen-bond acceptors (Lipinski definition) is 7. The highest BCUT2D eigenvalue weighted by atomic mass is 16.6. The summed E-state index contributed by atoms with van der Waals surface area (Å²) in [7, 11) is 0. The molecule has 0 aliphatic carbocycles. The number of rotatable bonds is 6. The van der Waals surface area contributed by atoms with E-state index in [1.165, 1.54) is 0 Å². The standard InChI is InChI=1S/C20H35NO8/c1-18(2,3)12-27-14(22)11-10-13(15(23)24)21(16(25)28-19(4,5)6)17(26)29-20(7,8)9/h13H,10-12H2,1-9H3,(H,23,24). The Balaban J connectivity index is 5.51. The minimum atomic E-state index is -1.65. The fourth-order valence-electron chi connectivity index (χ4n) is 1.94. The molecular weight excluding hydrogens is 382 g/mol. The average molecular weight is 417 g/mol. The Kier molecular flexibility index (Phi) is 9.14. The molecule has 0 aromatic carbocycles. The van der Waals surface area contributed by atoms with Crippen LogP contribution in [0.2, 0.25) is 0 Å². The van der Waals surface area contributed by atoms with E-state index in [-0.39, 0.29) is 24.9 Å². The van der Waals surface area contributed by atoms with Crippen molar-refractivity contribution in [3.63, 3.8) is 0 Å². The molecule has 1 atom stereocenters. The molecule has 0 heterocycles. The molecule has 9 nitrogen and oxygen atoms in total. The summed E-state index contributed by atoms with van der Waals surface area (Å²) in [5.41, 5.74) is -2.18. The van der Waals surface area contributed by atoms with Gasteiger partial charge in [-0.2, -0.15) is 4.90 Å². The van der Waals surface area contributed by atoms with Gasteiger partial charge in [-0.3, -0.25) is 4.79 Å². The van der Waals surface area contributed by atoms with Gasteiger partial charge in [-0.05, 0) is 53.4 Å². The topological polar surface area (TPSA) is 119 Å². The fourth-order valence-corrected chi connectivity index (χ4v) is 1.94. The summed E-state index contributed by atoms with van der Waals surface area (Å²) in [6.07, 6.45) is -2.96. The molecule has 0 aromatic heterocycles. The molecule has 2 amide bonds. The first-order valence-electron chi connectivity index (χ1n) is 9.46. The number of carboxylic acids is 1. The van der Waals surface area contributed by atoms with Gasteiger partial charge in [0.25, 0.3) is 0 Å². The highest BCUT2D eigenvalue weighted by Gasteiger charge is 2.40. The maximum atomic E-state index is 12.6. The first-order valence-corrected chi connectivity index (χ1v) is 9.46. The molecular formula is C20H35NO8. The van der Waals surface area contributed by atoms with E-state index < -0.39 is 41.4 Å². The van der Waals surface area contributed by atoms with Gasteiger partial charge in [0, 0.05) is 6.42 Å². The van der Waals surface area contributed by atoms with E-state index in [2.05, 4.69) is 0 Å². The monoisotopic (exact) mass is 417 g/mol. The fraction of sp³-hybridized carbons (Fsp3) is 0.800. The maximum absolute atomic E-state index is 12.6. The number of carbonyl (C=O) groups excluding carboxylic acids is 3. The van der Waals surface area contributed by atoms with Crippen LogP contribution in [0.3, 0.4) is 0 Å². The average Bonchev–Trinajstić information content (AvgIpc) is 2.44. The van der Waals surface area contributed by atoms with E-state index in [1.54, 1.807) is 41.5 Å². The summed E-state index contributed by atoms with van der Waals surface area (Å²) in [5.74, 6) is -2.09. The Hall–Kier alpha value is -2.32. The molecule has 0 aliphatic rings. The Morgan fingerprint density at radius 1 is 0.828 bits per heavy atom. The molecule has 0 rings (SSSR count). The largest absolute Gasteiger partial charge is 0.480 e. The second-order valence-corrected chi connectivity index (χ2v) is 9.94. The van der Waals surface area contributed by atoms with Gasteiger partial charge in [-0.15, -0.1) is 0 Å². The summed E-state index contributed by atoms with van der Waals surface area (Å²) in [4.78, 5) is 49.3. The van der Waals surface area contributed by atoms with Crippen molar-refractivity contribution < 1.29 is 38.5 Å². The van der Waals surface area contributed by atoms with Crippen molar-refractivity contribution in [2.45, 2.75) is 92.4 Å². The van der Waals surface area contributed by atoms with Crippen molar-refractivity contribution in [2.75, 3.05) is 6.61 Å². The number of nitrogens with zero attached hydrogens (tertiary/aromatic N) is 1. The number of aliphatic carboxylic acids is 1. The quantitative estimate of drug-likeness (QED) is 0.509. The van der Waals surface area contributed by atoms with Crippen molar-refractivity contribution in [2.24, 2.45) is 5.41 Å². The first kappa shape index (κ1) is 26.7. The van der Waals surface area contributed by atoms with Crippen molar-refractivity contribution in [3.05, 3.63) is 0 Å². The van der Waals surface area contributed by atoms with E-state index in [0.717, 1.165) is 0 Å². The van der Waals surface area contributed by atoms with Crippen molar-refractivity contribution in [3.8, 4) is 0 Å². The highest BCUT2D eigenvalue weighted by molar-refractivity contribution is 5.93. The van der Waals surface area contributed by atoms with Gasteiger partial charge in [0.15, 0.2) is 0 Å². The lowest BCUT2D eigenvalue weighted by Crippen LogP contribution is -2.52. The normalized spacial score (nSPS) is 13.3. The van der Waals surface area contributed by atoms with Crippen LogP contribution in [0, 0.1) is 5.41 Å². The molecule has 0 saturated heterocycles. The third-order valence-electron chi connectivity index (χ3n) is 3.07. The zero-order valence-corrected chi connectivity index (χ0v) is 19.0. The first-order chi connectivity index (χ1) is 12.8. The van der Waals surface area contributed by atoms with Gasteiger partial charge in [-0.25, -0.2) is 14.4 Å². The minimum absolute atomic E-state index is 0.158. The third-order valence-corrected chi connectivity index (χ3v) is 3.07. The predicted molar refractivity (Wildman–Crippen MR) is 105 cm³/mol. The number of esters is 1. The van der Waals surface area contributed by atoms with E-state index in [0.29, 0.717) is 4.90 Å². The molecule has 29 heavy (non-hydrogen) atoms. The number of imide groups is 1. The number of carbonyl (C=O) groups is 4. The predicted octanol–water partition coefficient (Wildman–Crippen LogP) is 3.98. The molecule has 9 heteroatoms. The van der Waals surface area contributed by atoms with Gasteiger partial charge in [0.2, 0.25) is 0 Å². The van der Waals surface area contributed by atoms with Crippen LogP contribution in [0.4, 0.5) is 9.59 Å². The van der Waals surface area contributed by atoms with Crippen molar-refractivity contribution in [1.29, 1.82) is 0 Å². The molecule has 0 aliphatic heterocycles. The van der Waals surface area contributed by atoms with Crippen molar-refractivity contribution >= 4 is 24.1 Å². The lowest BCUT2D eigenvalue weighted by molar-refractivity contribution is -0.148. The Bertz CT molecular complexity index is 579. The van der Waals surface area contributed by atoms with Crippen LogP contribution in [0.5, 0.6) is 0 Å². The number of amides is 2. The summed E-state index contributed by atoms with van der Waals surface area (Å²) >= 11 is 0. The summed E-state index contributed by atoms with van der Waals surface area (Å²) in [5, 5.41) is 9.60. The van der Waals surface area contributed by atoms with E-state index >= 15 is 0 Å². The molecule has 168 valence electrons. The second-order valence-electron chi connectivity index (χ2n) is 9.94. The van der Waals surface area contributed by atoms with Crippen LogP contribution >= 0.6 is 0 Å². The highest BCUT2D eigenvalue weighted by Crippen LogP contribution is 2.20. The zero-order chi connectivity index (χ0) is 23.2. The van der Waals surface area contributed by atoms with E-state index in [1.807, 2.05) is 20.8 Å². The minimum Gasteiger partial charge on any atom is -0.480 e. The summed E-state index contributed by atoms with van der Waals surface area (Å²) in [6, 6.07) is -1.65. The lowest BCUT2D eigenvalue weighted by atomic mass is 9.99. The molecule has 0 spiro atoms. The van der Waals surface area contributed by atoms with Crippen LogP contribution in [0.15, 0.2) is 0 Å². The molecule has 0 saturated carbocycles. The molecule has 0 radical (unpaired) electrons. The number of carboxylic acid groups (broad SMARTS) is 1. The molecule has 0 fully saturated rings. The van der Waals surface area contributed by atoms with Crippen LogP contribution in [0.1, 0.15) is 75.2 Å². The second kappa shape index (κ2) is 9.93. The molecule has 1 N–H and O–H groups in total. The van der Waals surface area contributed by atoms with Gasteiger partial charge < -0.3 is 19.3 Å². The van der Waals surface area contributed by atoms with E-state index in [4.69, 9.17) is 14.2 Å². The van der Waals surface area contributed by atoms with Gasteiger partial charge >= 0.3 is 24.1 Å². The lowest BCUT2D eigenvalue weighted by Gasteiger charge is -2.31. The Morgan fingerprint density at radius 3 is 1.55 bits per heavy atom. The third kappa shape index (κ3) is 12.0.